The van der Waals surface area contributed by atoms with Crippen molar-refractivity contribution in [1.29, 1.82) is 0 Å². The molecule has 0 saturated heterocycles. The highest BCUT2D eigenvalue weighted by atomic mass is 31.2. The van der Waals surface area contributed by atoms with Gasteiger partial charge in [0.2, 0.25) is 0 Å². The van der Waals surface area contributed by atoms with Crippen LogP contribution in [0.5, 0.6) is 0 Å². The van der Waals surface area contributed by atoms with E-state index in [2.05, 4.69) is 74.6 Å². The van der Waals surface area contributed by atoms with Gasteiger partial charge in [-0.25, -0.2) is 0 Å². The summed E-state index contributed by atoms with van der Waals surface area (Å²) in [5, 5.41) is 0. The summed E-state index contributed by atoms with van der Waals surface area (Å²) >= 11 is 0. The van der Waals surface area contributed by atoms with E-state index in [4.69, 9.17) is 18.5 Å². The third kappa shape index (κ3) is 64.9. The number of carbonyl (C=O) groups is 2. The Kier molecular flexibility index (Phi) is 59.5. The smallest absolute Gasteiger partial charge is 0.306 e. The lowest BCUT2D eigenvalue weighted by atomic mass is 10.0. The Balaban J connectivity index is 4.05. The van der Waals surface area contributed by atoms with Crippen molar-refractivity contribution in [3.63, 3.8) is 0 Å². The standard InChI is InChI=1S/C70H130NO8P/c1-6-8-10-12-14-16-18-20-22-24-26-28-30-32-33-34-35-36-37-39-41-43-45-47-49-51-53-55-57-59-61-63-70(73)79-68(67-78-80(74,75)77-65-64-71(3,4)5)66-76-69(72)62-60-58-56-54-52-50-48-46-44-42-40-38-31-29-27-25-23-21-19-17-15-13-11-9-7-2/h18-21,24-27,30,32,68H,6-17,22-23,28-29,31,33-67H2,1-5H3/b20-18-,21-19-,26-24-,27-25-,32-30-. The minimum atomic E-state index is -4.64. The third-order valence-electron chi connectivity index (χ3n) is 15.0. The predicted molar refractivity (Wildman–Crippen MR) is 342 cm³/mol. The van der Waals surface area contributed by atoms with Gasteiger partial charge in [-0.05, 0) is 83.5 Å². The van der Waals surface area contributed by atoms with Crippen LogP contribution in [0.4, 0.5) is 0 Å². The lowest BCUT2D eigenvalue weighted by molar-refractivity contribution is -0.870. The number of ether oxygens (including phenoxy) is 2. The molecule has 0 aliphatic rings. The number of rotatable bonds is 63. The van der Waals surface area contributed by atoms with Gasteiger partial charge in [0.1, 0.15) is 19.8 Å². The zero-order valence-corrected chi connectivity index (χ0v) is 54.2. The molecule has 0 heterocycles. The van der Waals surface area contributed by atoms with Crippen LogP contribution in [0.1, 0.15) is 322 Å². The fourth-order valence-electron chi connectivity index (χ4n) is 9.76. The Hall–Kier alpha value is -2.29. The molecule has 0 amide bonds. The maximum Gasteiger partial charge on any atom is 0.306 e. The van der Waals surface area contributed by atoms with Crippen LogP contribution < -0.4 is 4.89 Å². The van der Waals surface area contributed by atoms with Crippen LogP contribution in [-0.2, 0) is 32.7 Å². The van der Waals surface area contributed by atoms with Crippen molar-refractivity contribution in [3.8, 4) is 0 Å². The number of esters is 2. The van der Waals surface area contributed by atoms with Crippen molar-refractivity contribution in [3.05, 3.63) is 60.8 Å². The van der Waals surface area contributed by atoms with Crippen molar-refractivity contribution in [2.45, 2.75) is 328 Å². The number of phosphoric acid groups is 1. The second kappa shape index (κ2) is 61.3. The highest BCUT2D eigenvalue weighted by Gasteiger charge is 2.22. The normalized spacial score (nSPS) is 13.5. The highest BCUT2D eigenvalue weighted by molar-refractivity contribution is 7.45. The molecule has 0 N–H and O–H groups in total. The molecule has 0 aromatic carbocycles. The molecule has 0 aromatic rings. The second-order valence-electron chi connectivity index (χ2n) is 24.2. The van der Waals surface area contributed by atoms with E-state index in [1.807, 2.05) is 21.1 Å². The van der Waals surface area contributed by atoms with Crippen LogP contribution in [0, 0.1) is 0 Å². The van der Waals surface area contributed by atoms with Crippen molar-refractivity contribution in [2.75, 3.05) is 47.5 Å². The molecule has 0 spiro atoms. The summed E-state index contributed by atoms with van der Waals surface area (Å²) in [7, 11) is 1.17. The fourth-order valence-corrected chi connectivity index (χ4v) is 10.5. The Bertz CT molecular complexity index is 1530. The molecule has 9 nitrogen and oxygen atoms in total. The van der Waals surface area contributed by atoms with Crippen molar-refractivity contribution < 1.29 is 42.1 Å². The third-order valence-corrected chi connectivity index (χ3v) is 16.0. The maximum absolute atomic E-state index is 12.9. The summed E-state index contributed by atoms with van der Waals surface area (Å²) in [6.07, 6.45) is 80.0. The van der Waals surface area contributed by atoms with Crippen molar-refractivity contribution >= 4 is 19.8 Å². The molecule has 0 rings (SSSR count). The Morgan fingerprint density at radius 2 is 0.675 bits per heavy atom. The molecule has 2 unspecified atom stereocenters. The molecular formula is C70H130NO8P. The van der Waals surface area contributed by atoms with Crippen LogP contribution in [0.25, 0.3) is 0 Å². The summed E-state index contributed by atoms with van der Waals surface area (Å²) < 4.78 is 34.3. The fraction of sp³-hybridized carbons (Fsp3) is 0.829. The number of phosphoric ester groups is 1. The summed E-state index contributed by atoms with van der Waals surface area (Å²) in [5.74, 6) is -0.822. The van der Waals surface area contributed by atoms with Gasteiger partial charge in [-0.1, -0.05) is 286 Å². The minimum absolute atomic E-state index is 0.0308. The first-order chi connectivity index (χ1) is 39.0. The number of carbonyl (C=O) groups excluding carboxylic acids is 2. The van der Waals surface area contributed by atoms with Gasteiger partial charge in [-0.15, -0.1) is 0 Å². The van der Waals surface area contributed by atoms with Gasteiger partial charge in [-0.2, -0.15) is 0 Å². The van der Waals surface area contributed by atoms with Crippen molar-refractivity contribution in [1.82, 2.24) is 0 Å². The van der Waals surface area contributed by atoms with Crippen LogP contribution in [0.2, 0.25) is 0 Å². The van der Waals surface area contributed by atoms with E-state index < -0.39 is 26.5 Å². The largest absolute Gasteiger partial charge is 0.756 e. The number of hydrogen-bond donors (Lipinski definition) is 0. The number of unbranched alkanes of at least 4 members (excludes halogenated alkanes) is 39. The number of quaternary nitrogens is 1. The van der Waals surface area contributed by atoms with Crippen LogP contribution in [-0.4, -0.2) is 70.0 Å². The molecule has 468 valence electrons. The first kappa shape index (κ1) is 77.7. The van der Waals surface area contributed by atoms with Crippen LogP contribution in [0.15, 0.2) is 60.8 Å². The lowest BCUT2D eigenvalue weighted by Crippen LogP contribution is -2.37. The molecule has 0 bridgehead atoms. The van der Waals surface area contributed by atoms with Gasteiger partial charge < -0.3 is 27.9 Å². The number of hydrogen-bond acceptors (Lipinski definition) is 8. The van der Waals surface area contributed by atoms with Gasteiger partial charge in [0.05, 0.1) is 27.7 Å². The Morgan fingerprint density at radius 3 is 1.00 bits per heavy atom. The molecule has 0 radical (unpaired) electrons. The first-order valence-electron chi connectivity index (χ1n) is 34.0. The quantitative estimate of drug-likeness (QED) is 0.0195. The Morgan fingerprint density at radius 1 is 0.388 bits per heavy atom. The molecular weight excluding hydrogens is 1010 g/mol. The molecule has 80 heavy (non-hydrogen) atoms. The molecule has 0 aliphatic carbocycles. The van der Waals surface area contributed by atoms with Gasteiger partial charge in [0.15, 0.2) is 6.10 Å². The average molecular weight is 1140 g/mol. The molecule has 0 saturated carbocycles. The average Bonchev–Trinajstić information content (AvgIpc) is 3.42. The SMILES string of the molecule is CCCCCCC/C=C\C/C=C\C/C=C\CCCCCCCCCCCCCCCCCCC(=O)OC(COC(=O)CCCCCCCCCCCCCCC/C=C\C/C=C\CCCCCCC)COP(=O)([O-])OCC[N+](C)(C)C. The second-order valence-corrected chi connectivity index (χ2v) is 25.6. The van der Waals surface area contributed by atoms with E-state index in [9.17, 15) is 19.0 Å². The van der Waals surface area contributed by atoms with Gasteiger partial charge >= 0.3 is 11.9 Å². The molecule has 0 fully saturated rings. The van der Waals surface area contributed by atoms with E-state index in [0.29, 0.717) is 17.4 Å². The highest BCUT2D eigenvalue weighted by Crippen LogP contribution is 2.38. The molecule has 0 aliphatic heterocycles. The zero-order chi connectivity index (χ0) is 58.4. The summed E-state index contributed by atoms with van der Waals surface area (Å²) in [5.41, 5.74) is 0. The van der Waals surface area contributed by atoms with Crippen molar-refractivity contribution in [2.24, 2.45) is 0 Å². The van der Waals surface area contributed by atoms with Gasteiger partial charge in [0, 0.05) is 12.8 Å². The zero-order valence-electron chi connectivity index (χ0n) is 53.3. The van der Waals surface area contributed by atoms with E-state index >= 15 is 0 Å². The maximum atomic E-state index is 12.9. The minimum Gasteiger partial charge on any atom is -0.756 e. The van der Waals surface area contributed by atoms with E-state index in [1.165, 1.54) is 231 Å². The van der Waals surface area contributed by atoms with Gasteiger partial charge in [0.25, 0.3) is 7.82 Å². The van der Waals surface area contributed by atoms with E-state index in [1.54, 1.807) is 0 Å². The van der Waals surface area contributed by atoms with Crippen LogP contribution >= 0.6 is 7.82 Å². The predicted octanol–water partition coefficient (Wildman–Crippen LogP) is 21.2. The van der Waals surface area contributed by atoms with E-state index in [0.717, 1.165) is 57.8 Å². The topological polar surface area (TPSA) is 111 Å². The van der Waals surface area contributed by atoms with E-state index in [-0.39, 0.29) is 32.0 Å². The first-order valence-corrected chi connectivity index (χ1v) is 35.5. The summed E-state index contributed by atoms with van der Waals surface area (Å²) in [4.78, 5) is 38.0. The number of allylic oxidation sites excluding steroid dienone is 10. The number of nitrogens with zero attached hydrogens (tertiary/aromatic N) is 1. The molecule has 0 aromatic heterocycles. The summed E-state index contributed by atoms with van der Waals surface area (Å²) in [6, 6.07) is 0. The monoisotopic (exact) mass is 1140 g/mol. The molecule has 2 atom stereocenters. The van der Waals surface area contributed by atoms with Crippen LogP contribution in [0.3, 0.4) is 0 Å². The lowest BCUT2D eigenvalue weighted by Gasteiger charge is -2.28. The van der Waals surface area contributed by atoms with Gasteiger partial charge in [-0.3, -0.25) is 14.2 Å². The number of likely N-dealkylation sites (N-methyl/N-ethyl adjacent to an activating group) is 1. The molecule has 10 heteroatoms. The summed E-state index contributed by atoms with van der Waals surface area (Å²) in [6.45, 7) is 4.26. The Labute approximate surface area is 496 Å².